The number of nitrogens with one attached hydrogen (secondary N) is 1. The number of hydrogen-bond acceptors (Lipinski definition) is 6. The molecular formula is C18H14N2O4S. The standard InChI is InChI=1S/C18H14N2O4S/c21-8-10-4-6-11(7-5-10)18(23)24-9-14-19-16(22)15-12-2-1-3-13(12)25-17(15)20-14/h4-8H,1-3,9H2,(H,19,20,22). The lowest BCUT2D eigenvalue weighted by Crippen LogP contribution is -2.14. The second-order valence-electron chi connectivity index (χ2n) is 5.87. The van der Waals surface area contributed by atoms with Gasteiger partial charge in [-0.25, -0.2) is 9.78 Å². The third kappa shape index (κ3) is 2.87. The highest BCUT2D eigenvalue weighted by Crippen LogP contribution is 2.34. The molecular weight excluding hydrogens is 340 g/mol. The van der Waals surface area contributed by atoms with Gasteiger partial charge in [0.1, 0.15) is 23.5 Å². The average molecular weight is 354 g/mol. The van der Waals surface area contributed by atoms with Crippen LogP contribution in [0.3, 0.4) is 0 Å². The highest BCUT2D eigenvalue weighted by Gasteiger charge is 2.21. The van der Waals surface area contributed by atoms with Crippen molar-refractivity contribution in [1.82, 2.24) is 9.97 Å². The van der Waals surface area contributed by atoms with Crippen LogP contribution in [0.25, 0.3) is 10.2 Å². The van der Waals surface area contributed by atoms with Gasteiger partial charge in [0.05, 0.1) is 10.9 Å². The molecule has 0 radical (unpaired) electrons. The summed E-state index contributed by atoms with van der Waals surface area (Å²) in [6.07, 6.45) is 3.71. The van der Waals surface area contributed by atoms with Crippen molar-refractivity contribution >= 4 is 33.8 Å². The van der Waals surface area contributed by atoms with Crippen LogP contribution in [-0.2, 0) is 24.2 Å². The summed E-state index contributed by atoms with van der Waals surface area (Å²) < 4.78 is 5.21. The van der Waals surface area contributed by atoms with E-state index in [0.29, 0.717) is 33.5 Å². The molecule has 6 nitrogen and oxygen atoms in total. The van der Waals surface area contributed by atoms with E-state index in [0.717, 1.165) is 24.8 Å². The zero-order chi connectivity index (χ0) is 17.4. The minimum Gasteiger partial charge on any atom is -0.454 e. The summed E-state index contributed by atoms with van der Waals surface area (Å²) in [5.74, 6) is -0.204. The molecule has 1 aromatic carbocycles. The number of nitrogens with zero attached hydrogens (tertiary/aromatic N) is 1. The van der Waals surface area contributed by atoms with Crippen LogP contribution in [0.15, 0.2) is 29.1 Å². The van der Waals surface area contributed by atoms with Crippen LogP contribution in [0.5, 0.6) is 0 Å². The Morgan fingerprint density at radius 2 is 2.08 bits per heavy atom. The monoisotopic (exact) mass is 354 g/mol. The van der Waals surface area contributed by atoms with Crippen molar-refractivity contribution in [2.45, 2.75) is 25.9 Å². The maximum Gasteiger partial charge on any atom is 0.338 e. The van der Waals surface area contributed by atoms with Gasteiger partial charge in [0.15, 0.2) is 0 Å². The van der Waals surface area contributed by atoms with Crippen molar-refractivity contribution in [3.8, 4) is 0 Å². The summed E-state index contributed by atoms with van der Waals surface area (Å²) in [5, 5.41) is 0.678. The molecule has 0 saturated heterocycles. The fraction of sp³-hybridized carbons (Fsp3) is 0.222. The summed E-state index contributed by atoms with van der Waals surface area (Å²) in [7, 11) is 0. The van der Waals surface area contributed by atoms with Gasteiger partial charge >= 0.3 is 5.97 Å². The Morgan fingerprint density at radius 3 is 2.84 bits per heavy atom. The predicted molar refractivity (Wildman–Crippen MR) is 93.2 cm³/mol. The Morgan fingerprint density at radius 1 is 1.28 bits per heavy atom. The normalized spacial score (nSPS) is 13.0. The molecule has 126 valence electrons. The molecule has 0 fully saturated rings. The molecule has 3 aromatic rings. The van der Waals surface area contributed by atoms with E-state index in [9.17, 15) is 14.4 Å². The minimum absolute atomic E-state index is 0.109. The van der Waals surface area contributed by atoms with E-state index in [-0.39, 0.29) is 12.2 Å². The highest BCUT2D eigenvalue weighted by molar-refractivity contribution is 7.18. The Labute approximate surface area is 146 Å². The number of carbonyl (C=O) groups excluding carboxylic acids is 2. The third-order valence-electron chi connectivity index (χ3n) is 4.25. The summed E-state index contributed by atoms with van der Waals surface area (Å²) in [6.45, 7) is -0.109. The van der Waals surface area contributed by atoms with Crippen molar-refractivity contribution in [1.29, 1.82) is 0 Å². The van der Waals surface area contributed by atoms with Crippen LogP contribution in [0.1, 0.15) is 43.4 Å². The molecule has 2 aromatic heterocycles. The van der Waals surface area contributed by atoms with E-state index >= 15 is 0 Å². The van der Waals surface area contributed by atoms with Gasteiger partial charge in [-0.05, 0) is 37.0 Å². The van der Waals surface area contributed by atoms with Gasteiger partial charge in [0.25, 0.3) is 5.56 Å². The lowest BCUT2D eigenvalue weighted by molar-refractivity contribution is 0.0462. The number of ether oxygens (including phenoxy) is 1. The van der Waals surface area contributed by atoms with Crippen LogP contribution in [-0.4, -0.2) is 22.2 Å². The first-order chi connectivity index (χ1) is 12.2. The molecule has 1 aliphatic carbocycles. The number of aldehydes is 1. The van der Waals surface area contributed by atoms with E-state index < -0.39 is 5.97 Å². The molecule has 0 bridgehead atoms. The van der Waals surface area contributed by atoms with Crippen LogP contribution < -0.4 is 5.56 Å². The number of hydrogen-bond donors (Lipinski definition) is 1. The molecule has 25 heavy (non-hydrogen) atoms. The number of thiophene rings is 1. The maximum atomic E-state index is 12.3. The third-order valence-corrected chi connectivity index (χ3v) is 5.43. The Bertz CT molecular complexity index is 1030. The summed E-state index contributed by atoms with van der Waals surface area (Å²) >= 11 is 1.54. The SMILES string of the molecule is O=Cc1ccc(C(=O)OCc2nc3sc4c(c3c(=O)[nH]2)CCC4)cc1. The molecule has 4 rings (SSSR count). The lowest BCUT2D eigenvalue weighted by atomic mass is 10.1. The average Bonchev–Trinajstić information content (AvgIpc) is 3.20. The number of fused-ring (bicyclic) bond motifs is 3. The summed E-state index contributed by atoms with van der Waals surface area (Å²) in [5.41, 5.74) is 1.77. The first-order valence-electron chi connectivity index (χ1n) is 7.91. The van der Waals surface area contributed by atoms with Crippen LogP contribution in [0.2, 0.25) is 0 Å². The van der Waals surface area contributed by atoms with E-state index in [1.165, 1.54) is 17.0 Å². The van der Waals surface area contributed by atoms with Gasteiger partial charge in [0, 0.05) is 10.4 Å². The number of benzene rings is 1. The van der Waals surface area contributed by atoms with Crippen LogP contribution in [0.4, 0.5) is 0 Å². The molecule has 1 N–H and O–H groups in total. The van der Waals surface area contributed by atoms with Gasteiger partial charge in [-0.15, -0.1) is 11.3 Å². The second-order valence-corrected chi connectivity index (χ2v) is 6.95. The molecule has 0 amide bonds. The fourth-order valence-electron chi connectivity index (χ4n) is 3.03. The molecule has 0 unspecified atom stereocenters. The summed E-state index contributed by atoms with van der Waals surface area (Å²) in [6, 6.07) is 6.14. The Kier molecular flexibility index (Phi) is 3.93. The van der Waals surface area contributed by atoms with Crippen molar-refractivity contribution in [3.05, 3.63) is 62.0 Å². The largest absolute Gasteiger partial charge is 0.454 e. The number of H-pyrrole nitrogens is 1. The first kappa shape index (κ1) is 15.7. The maximum absolute atomic E-state index is 12.3. The Hall–Kier alpha value is -2.80. The van der Waals surface area contributed by atoms with Crippen molar-refractivity contribution in [3.63, 3.8) is 0 Å². The fourth-order valence-corrected chi connectivity index (χ4v) is 4.31. The highest BCUT2D eigenvalue weighted by atomic mass is 32.1. The quantitative estimate of drug-likeness (QED) is 0.575. The zero-order valence-corrected chi connectivity index (χ0v) is 14.0. The number of aryl methyl sites for hydroxylation is 2. The topological polar surface area (TPSA) is 89.1 Å². The van der Waals surface area contributed by atoms with Crippen molar-refractivity contribution in [2.24, 2.45) is 0 Å². The second kappa shape index (κ2) is 6.25. The predicted octanol–water partition coefficient (Wildman–Crippen LogP) is 2.64. The smallest absolute Gasteiger partial charge is 0.338 e. The zero-order valence-electron chi connectivity index (χ0n) is 13.2. The molecule has 2 heterocycles. The van der Waals surface area contributed by atoms with Crippen LogP contribution >= 0.6 is 11.3 Å². The molecule has 0 saturated carbocycles. The van der Waals surface area contributed by atoms with Gasteiger partial charge in [-0.2, -0.15) is 0 Å². The van der Waals surface area contributed by atoms with Gasteiger partial charge in [0.2, 0.25) is 0 Å². The first-order valence-corrected chi connectivity index (χ1v) is 8.73. The van der Waals surface area contributed by atoms with Crippen molar-refractivity contribution in [2.75, 3.05) is 0 Å². The van der Waals surface area contributed by atoms with E-state index in [2.05, 4.69) is 9.97 Å². The van der Waals surface area contributed by atoms with Gasteiger partial charge < -0.3 is 9.72 Å². The Balaban J connectivity index is 1.53. The number of carbonyl (C=O) groups is 2. The van der Waals surface area contributed by atoms with Crippen molar-refractivity contribution < 1.29 is 14.3 Å². The number of esters is 1. The van der Waals surface area contributed by atoms with E-state index in [1.807, 2.05) is 0 Å². The summed E-state index contributed by atoms with van der Waals surface area (Å²) in [4.78, 5) is 44.1. The molecule has 0 spiro atoms. The molecule has 1 aliphatic rings. The van der Waals surface area contributed by atoms with E-state index in [1.54, 1.807) is 23.5 Å². The lowest BCUT2D eigenvalue weighted by Gasteiger charge is -2.05. The van der Waals surface area contributed by atoms with E-state index in [4.69, 9.17) is 4.74 Å². The minimum atomic E-state index is -0.533. The molecule has 0 aliphatic heterocycles. The molecule has 0 atom stereocenters. The number of aromatic nitrogens is 2. The van der Waals surface area contributed by atoms with Crippen LogP contribution in [0, 0.1) is 0 Å². The number of aromatic amines is 1. The molecule has 7 heteroatoms. The van der Waals surface area contributed by atoms with Gasteiger partial charge in [-0.1, -0.05) is 12.1 Å². The number of rotatable bonds is 4. The van der Waals surface area contributed by atoms with Gasteiger partial charge in [-0.3, -0.25) is 9.59 Å².